The molecule has 0 aliphatic heterocycles. The Hall–Kier alpha value is -0.810. The van der Waals surface area contributed by atoms with Crippen molar-refractivity contribution in [2.45, 2.75) is 6.61 Å². The highest BCUT2D eigenvalue weighted by Gasteiger charge is 2.11. The maximum Gasteiger partial charge on any atom is 0.0702 e. The van der Waals surface area contributed by atoms with Gasteiger partial charge in [0.15, 0.2) is 0 Å². The third-order valence-electron chi connectivity index (χ3n) is 2.49. The van der Waals surface area contributed by atoms with Crippen molar-refractivity contribution in [3.8, 4) is 0 Å². The highest BCUT2D eigenvalue weighted by Crippen LogP contribution is 2.24. The number of rotatable bonds is 7. The minimum atomic E-state index is -0.0542. The van der Waals surface area contributed by atoms with E-state index in [-0.39, 0.29) is 13.2 Å². The van der Waals surface area contributed by atoms with Gasteiger partial charge < -0.3 is 19.8 Å². The van der Waals surface area contributed by atoms with Gasteiger partial charge in [0, 0.05) is 36.5 Å². The highest BCUT2D eigenvalue weighted by atomic mass is 35.5. The van der Waals surface area contributed by atoms with E-state index in [1.165, 1.54) is 0 Å². The monoisotopic (exact) mass is 259 g/mol. The van der Waals surface area contributed by atoms with E-state index < -0.39 is 0 Å². The number of halogens is 1. The molecule has 2 N–H and O–H groups in total. The molecule has 0 saturated carbocycles. The number of anilines is 1. The summed E-state index contributed by atoms with van der Waals surface area (Å²) in [5.74, 6) is 0. The van der Waals surface area contributed by atoms with Crippen LogP contribution in [0.3, 0.4) is 0 Å². The second kappa shape index (κ2) is 7.50. The summed E-state index contributed by atoms with van der Waals surface area (Å²) in [6.45, 7) is 1.67. The first kappa shape index (κ1) is 14.3. The maximum atomic E-state index is 9.29. The first-order valence-corrected chi connectivity index (χ1v) is 5.84. The molecule has 4 nitrogen and oxygen atoms in total. The van der Waals surface area contributed by atoms with Gasteiger partial charge in [-0.05, 0) is 12.1 Å². The first-order valence-electron chi connectivity index (χ1n) is 5.47. The third kappa shape index (κ3) is 4.16. The van der Waals surface area contributed by atoms with E-state index in [1.54, 1.807) is 25.3 Å². The van der Waals surface area contributed by atoms with Gasteiger partial charge in [-0.25, -0.2) is 0 Å². The lowest BCUT2D eigenvalue weighted by atomic mass is 10.1. The van der Waals surface area contributed by atoms with E-state index in [9.17, 15) is 5.11 Å². The van der Waals surface area contributed by atoms with Crippen molar-refractivity contribution >= 4 is 17.3 Å². The number of aliphatic hydroxyl groups excluding tert-OH is 2. The van der Waals surface area contributed by atoms with Crippen LogP contribution in [-0.2, 0) is 11.3 Å². The Labute approximate surface area is 106 Å². The molecule has 0 aromatic heterocycles. The van der Waals surface area contributed by atoms with Gasteiger partial charge in [-0.15, -0.1) is 0 Å². The molecule has 0 radical (unpaired) electrons. The second-order valence-electron chi connectivity index (χ2n) is 3.63. The number of hydrogen-bond donors (Lipinski definition) is 2. The van der Waals surface area contributed by atoms with Gasteiger partial charge >= 0.3 is 0 Å². The Morgan fingerprint density at radius 2 is 2.06 bits per heavy atom. The van der Waals surface area contributed by atoms with E-state index in [1.807, 2.05) is 4.90 Å². The smallest absolute Gasteiger partial charge is 0.0702 e. The summed E-state index contributed by atoms with van der Waals surface area (Å²) >= 11 is 5.95. The fourth-order valence-corrected chi connectivity index (χ4v) is 1.81. The van der Waals surface area contributed by atoms with Gasteiger partial charge in [-0.3, -0.25) is 0 Å². The summed E-state index contributed by atoms with van der Waals surface area (Å²) in [7, 11) is 1.63. The fourth-order valence-electron chi connectivity index (χ4n) is 1.64. The average Bonchev–Trinajstić information content (AvgIpc) is 2.34. The van der Waals surface area contributed by atoms with Crippen LogP contribution < -0.4 is 4.90 Å². The van der Waals surface area contributed by atoms with Crippen LogP contribution in [0.25, 0.3) is 0 Å². The van der Waals surface area contributed by atoms with Crippen molar-refractivity contribution in [2.75, 3.05) is 38.3 Å². The van der Waals surface area contributed by atoms with Crippen LogP contribution >= 0.6 is 11.6 Å². The van der Waals surface area contributed by atoms with E-state index in [0.29, 0.717) is 24.7 Å². The van der Waals surface area contributed by atoms with E-state index in [2.05, 4.69) is 0 Å². The van der Waals surface area contributed by atoms with Crippen LogP contribution in [0.15, 0.2) is 18.2 Å². The molecule has 96 valence electrons. The minimum absolute atomic E-state index is 0.0428. The molecule has 0 aliphatic carbocycles. The zero-order valence-electron chi connectivity index (χ0n) is 9.90. The van der Waals surface area contributed by atoms with Crippen molar-refractivity contribution in [3.63, 3.8) is 0 Å². The quantitative estimate of drug-likeness (QED) is 0.775. The summed E-state index contributed by atoms with van der Waals surface area (Å²) in [5.41, 5.74) is 1.63. The van der Waals surface area contributed by atoms with Crippen molar-refractivity contribution in [3.05, 3.63) is 28.8 Å². The van der Waals surface area contributed by atoms with Crippen LogP contribution in [0.4, 0.5) is 5.69 Å². The number of benzene rings is 1. The summed E-state index contributed by atoms with van der Waals surface area (Å²) in [5, 5.41) is 18.9. The Kier molecular flexibility index (Phi) is 6.29. The molecular weight excluding hydrogens is 242 g/mol. The molecule has 5 heteroatoms. The zero-order chi connectivity index (χ0) is 12.7. The molecule has 17 heavy (non-hydrogen) atoms. The van der Waals surface area contributed by atoms with Gasteiger partial charge in [0.2, 0.25) is 0 Å². The van der Waals surface area contributed by atoms with Gasteiger partial charge in [0.25, 0.3) is 0 Å². The Morgan fingerprint density at radius 3 is 2.65 bits per heavy atom. The molecule has 1 rings (SSSR count). The largest absolute Gasteiger partial charge is 0.395 e. The molecule has 0 aliphatic rings. The van der Waals surface area contributed by atoms with Gasteiger partial charge in [-0.1, -0.05) is 17.7 Å². The predicted octanol–water partition coefficient (Wildman–Crippen LogP) is 1.28. The van der Waals surface area contributed by atoms with E-state index in [4.69, 9.17) is 21.4 Å². The number of nitrogens with zero attached hydrogens (tertiary/aromatic N) is 1. The SMILES string of the molecule is COCCN(CCO)c1cc(Cl)ccc1CO. The topological polar surface area (TPSA) is 52.9 Å². The van der Waals surface area contributed by atoms with Crippen LogP contribution in [0.1, 0.15) is 5.56 Å². The standard InChI is InChI=1S/C12H18ClNO3/c1-17-7-5-14(4-6-15)12-8-11(13)3-2-10(12)9-16/h2-3,8,15-16H,4-7,9H2,1H3. The molecule has 0 amide bonds. The lowest BCUT2D eigenvalue weighted by molar-refractivity contribution is 0.202. The van der Waals surface area contributed by atoms with Gasteiger partial charge in [0.1, 0.15) is 0 Å². The summed E-state index contributed by atoms with van der Waals surface area (Å²) in [4.78, 5) is 1.95. The Morgan fingerprint density at radius 1 is 1.29 bits per heavy atom. The number of methoxy groups -OCH3 is 1. The Bertz CT molecular complexity index is 347. The van der Waals surface area contributed by atoms with Crippen LogP contribution in [-0.4, -0.2) is 43.6 Å². The van der Waals surface area contributed by atoms with Gasteiger partial charge in [-0.2, -0.15) is 0 Å². The molecule has 1 aromatic carbocycles. The molecule has 0 unspecified atom stereocenters. The summed E-state index contributed by atoms with van der Waals surface area (Å²) < 4.78 is 5.03. The minimum Gasteiger partial charge on any atom is -0.395 e. The van der Waals surface area contributed by atoms with E-state index in [0.717, 1.165) is 11.3 Å². The molecular formula is C12H18ClNO3. The van der Waals surface area contributed by atoms with Crippen molar-refractivity contribution in [1.29, 1.82) is 0 Å². The molecule has 0 fully saturated rings. The first-order chi connectivity index (χ1) is 8.22. The second-order valence-corrected chi connectivity index (χ2v) is 4.07. The Balaban J connectivity index is 2.93. The van der Waals surface area contributed by atoms with E-state index >= 15 is 0 Å². The molecule has 0 bridgehead atoms. The molecule has 0 atom stereocenters. The lowest BCUT2D eigenvalue weighted by Gasteiger charge is -2.26. The van der Waals surface area contributed by atoms with Crippen molar-refractivity contribution in [1.82, 2.24) is 0 Å². The predicted molar refractivity (Wildman–Crippen MR) is 68.5 cm³/mol. The summed E-state index contributed by atoms with van der Waals surface area (Å²) in [6.07, 6.45) is 0. The molecule has 0 spiro atoms. The zero-order valence-corrected chi connectivity index (χ0v) is 10.7. The maximum absolute atomic E-state index is 9.29. The van der Waals surface area contributed by atoms with Crippen LogP contribution in [0.2, 0.25) is 5.02 Å². The molecule has 0 saturated heterocycles. The lowest BCUT2D eigenvalue weighted by Crippen LogP contribution is -2.31. The third-order valence-corrected chi connectivity index (χ3v) is 2.73. The normalized spacial score (nSPS) is 10.6. The molecule has 0 heterocycles. The van der Waals surface area contributed by atoms with Crippen molar-refractivity contribution in [2.24, 2.45) is 0 Å². The molecule has 1 aromatic rings. The van der Waals surface area contributed by atoms with Crippen LogP contribution in [0.5, 0.6) is 0 Å². The number of hydrogen-bond acceptors (Lipinski definition) is 4. The average molecular weight is 260 g/mol. The number of aliphatic hydroxyl groups is 2. The van der Waals surface area contributed by atoms with Crippen molar-refractivity contribution < 1.29 is 14.9 Å². The van der Waals surface area contributed by atoms with Gasteiger partial charge in [0.05, 0.1) is 19.8 Å². The van der Waals surface area contributed by atoms with Crippen LogP contribution in [0, 0.1) is 0 Å². The fraction of sp³-hybridized carbons (Fsp3) is 0.500. The summed E-state index contributed by atoms with van der Waals surface area (Å²) in [6, 6.07) is 5.32. The number of ether oxygens (including phenoxy) is 1. The highest BCUT2D eigenvalue weighted by molar-refractivity contribution is 6.30.